The van der Waals surface area contributed by atoms with E-state index >= 15 is 0 Å². The van der Waals surface area contributed by atoms with Gasteiger partial charge >= 0.3 is 0 Å². The van der Waals surface area contributed by atoms with E-state index in [0.717, 1.165) is 6.07 Å². The fourth-order valence-electron chi connectivity index (χ4n) is 1.35. The van der Waals surface area contributed by atoms with Gasteiger partial charge in [0.15, 0.2) is 5.82 Å². The van der Waals surface area contributed by atoms with Crippen LogP contribution in [0.3, 0.4) is 0 Å². The number of sulfonamides is 1. The van der Waals surface area contributed by atoms with Crippen LogP contribution in [0, 0.1) is 17.0 Å². The van der Waals surface area contributed by atoms with Crippen molar-refractivity contribution in [3.05, 3.63) is 23.8 Å². The maximum absolute atomic E-state index is 13.5. The first-order valence-electron chi connectivity index (χ1n) is 5.75. The molecule has 1 rings (SSSR count). The number of halogens is 2. The summed E-state index contributed by atoms with van der Waals surface area (Å²) in [5.74, 6) is -2.04. The Morgan fingerprint density at radius 2 is 1.84 bits per heavy atom. The van der Waals surface area contributed by atoms with Gasteiger partial charge in [-0.05, 0) is 17.9 Å². The Morgan fingerprint density at radius 1 is 1.26 bits per heavy atom. The molecule has 0 saturated carbocycles. The van der Waals surface area contributed by atoms with Crippen molar-refractivity contribution in [3.63, 3.8) is 0 Å². The Kier molecular flexibility index (Phi) is 4.39. The summed E-state index contributed by atoms with van der Waals surface area (Å²) in [7, 11) is -3.72. The zero-order chi connectivity index (χ0) is 14.8. The van der Waals surface area contributed by atoms with Gasteiger partial charge in [0.05, 0.1) is 11.4 Å². The molecule has 0 unspecified atom stereocenters. The van der Waals surface area contributed by atoms with Crippen LogP contribution in [0.5, 0.6) is 0 Å². The van der Waals surface area contributed by atoms with Crippen molar-refractivity contribution in [1.82, 2.24) is 0 Å². The lowest BCUT2D eigenvalue weighted by atomic mass is 9.94. The van der Waals surface area contributed by atoms with E-state index in [9.17, 15) is 17.2 Å². The van der Waals surface area contributed by atoms with E-state index in [1.54, 1.807) is 0 Å². The summed E-state index contributed by atoms with van der Waals surface area (Å²) >= 11 is 0. The van der Waals surface area contributed by atoms with Crippen molar-refractivity contribution in [2.75, 3.05) is 16.2 Å². The molecule has 3 N–H and O–H groups in total. The first-order valence-corrected chi connectivity index (χ1v) is 7.40. The molecule has 0 amide bonds. The van der Waals surface area contributed by atoms with Crippen molar-refractivity contribution in [3.8, 4) is 0 Å². The number of hydrogen-bond donors (Lipinski definition) is 2. The van der Waals surface area contributed by atoms with E-state index < -0.39 is 27.3 Å². The molecule has 0 fully saturated rings. The molecule has 108 valence electrons. The predicted molar refractivity (Wildman–Crippen MR) is 72.3 cm³/mol. The van der Waals surface area contributed by atoms with Gasteiger partial charge in [0.25, 0.3) is 0 Å². The molecule has 7 heteroatoms. The molecule has 19 heavy (non-hydrogen) atoms. The zero-order valence-electron chi connectivity index (χ0n) is 11.1. The number of anilines is 2. The van der Waals surface area contributed by atoms with Gasteiger partial charge < -0.3 is 5.73 Å². The summed E-state index contributed by atoms with van der Waals surface area (Å²) in [6.45, 7) is 5.69. The van der Waals surface area contributed by atoms with Gasteiger partial charge in [-0.25, -0.2) is 17.2 Å². The van der Waals surface area contributed by atoms with Crippen molar-refractivity contribution in [2.45, 2.75) is 27.2 Å². The van der Waals surface area contributed by atoms with Gasteiger partial charge in [-0.3, -0.25) is 4.72 Å². The maximum atomic E-state index is 13.5. The van der Waals surface area contributed by atoms with Crippen LogP contribution in [0.25, 0.3) is 0 Å². The van der Waals surface area contributed by atoms with Gasteiger partial charge in [-0.1, -0.05) is 20.8 Å². The summed E-state index contributed by atoms with van der Waals surface area (Å²) in [4.78, 5) is 0. The van der Waals surface area contributed by atoms with Crippen LogP contribution < -0.4 is 10.5 Å². The normalized spacial score (nSPS) is 12.5. The average molecular weight is 292 g/mol. The SMILES string of the molecule is CC(C)(C)CCS(=O)(=O)Nc1c(N)cc(F)cc1F. The summed E-state index contributed by atoms with van der Waals surface area (Å²) in [6, 6.07) is 1.45. The molecule has 0 aromatic heterocycles. The minimum atomic E-state index is -3.72. The van der Waals surface area contributed by atoms with Gasteiger partial charge in [0.1, 0.15) is 11.5 Å². The average Bonchev–Trinajstić information content (AvgIpc) is 2.20. The number of rotatable bonds is 4. The van der Waals surface area contributed by atoms with Crippen LogP contribution in [-0.4, -0.2) is 14.2 Å². The highest BCUT2D eigenvalue weighted by Gasteiger charge is 2.20. The van der Waals surface area contributed by atoms with E-state index in [-0.39, 0.29) is 16.9 Å². The van der Waals surface area contributed by atoms with Gasteiger partial charge in [0, 0.05) is 6.07 Å². The Bertz CT molecular complexity index is 543. The van der Waals surface area contributed by atoms with Gasteiger partial charge in [-0.15, -0.1) is 0 Å². The highest BCUT2D eigenvalue weighted by Crippen LogP contribution is 2.26. The summed E-state index contributed by atoms with van der Waals surface area (Å²) < 4.78 is 52.0. The fraction of sp³-hybridized carbons (Fsp3) is 0.500. The molecule has 0 aliphatic carbocycles. The third kappa shape index (κ3) is 5.02. The molecule has 0 aliphatic rings. The van der Waals surface area contributed by atoms with Crippen LogP contribution in [0.15, 0.2) is 12.1 Å². The molecule has 1 aromatic carbocycles. The molecule has 0 atom stereocenters. The lowest BCUT2D eigenvalue weighted by Crippen LogP contribution is -2.22. The van der Waals surface area contributed by atoms with Crippen LogP contribution in [-0.2, 0) is 10.0 Å². The molecule has 0 heterocycles. The van der Waals surface area contributed by atoms with Crippen molar-refractivity contribution in [2.24, 2.45) is 5.41 Å². The molecular formula is C12H18F2N2O2S. The summed E-state index contributed by atoms with van der Waals surface area (Å²) in [5, 5.41) is 0. The fourth-order valence-corrected chi connectivity index (χ4v) is 2.86. The molecule has 1 aromatic rings. The zero-order valence-corrected chi connectivity index (χ0v) is 11.9. The lowest BCUT2D eigenvalue weighted by Gasteiger charge is -2.18. The Balaban J connectivity index is 2.90. The largest absolute Gasteiger partial charge is 0.397 e. The number of hydrogen-bond acceptors (Lipinski definition) is 3. The van der Waals surface area contributed by atoms with E-state index in [1.807, 2.05) is 20.8 Å². The standard InChI is InChI=1S/C12H18F2N2O2S/c1-12(2,3)4-5-19(17,18)16-11-9(14)6-8(13)7-10(11)15/h6-7,16H,4-5,15H2,1-3H3. The lowest BCUT2D eigenvalue weighted by molar-refractivity contribution is 0.397. The molecule has 0 bridgehead atoms. The maximum Gasteiger partial charge on any atom is 0.232 e. The van der Waals surface area contributed by atoms with Crippen LogP contribution in [0.1, 0.15) is 27.2 Å². The molecule has 0 saturated heterocycles. The monoisotopic (exact) mass is 292 g/mol. The molecule has 0 spiro atoms. The number of nitrogens with two attached hydrogens (primary N) is 1. The highest BCUT2D eigenvalue weighted by molar-refractivity contribution is 7.92. The van der Waals surface area contributed by atoms with E-state index in [4.69, 9.17) is 5.73 Å². The summed E-state index contributed by atoms with van der Waals surface area (Å²) in [6.07, 6.45) is 0.408. The van der Waals surface area contributed by atoms with Crippen molar-refractivity contribution in [1.29, 1.82) is 0 Å². The highest BCUT2D eigenvalue weighted by atomic mass is 32.2. The van der Waals surface area contributed by atoms with E-state index in [2.05, 4.69) is 4.72 Å². The number of nitrogen functional groups attached to an aromatic ring is 1. The van der Waals surface area contributed by atoms with Crippen molar-refractivity contribution >= 4 is 21.4 Å². The minimum absolute atomic E-state index is 0.160. The Hall–Kier alpha value is -1.37. The second-order valence-electron chi connectivity index (χ2n) is 5.58. The van der Waals surface area contributed by atoms with Crippen molar-refractivity contribution < 1.29 is 17.2 Å². The molecule has 0 radical (unpaired) electrons. The number of nitrogens with one attached hydrogen (secondary N) is 1. The first-order chi connectivity index (χ1) is 8.50. The molecular weight excluding hydrogens is 274 g/mol. The third-order valence-corrected chi connectivity index (χ3v) is 3.72. The quantitative estimate of drug-likeness (QED) is 0.838. The van der Waals surface area contributed by atoms with Crippen LogP contribution >= 0.6 is 0 Å². The number of benzene rings is 1. The second kappa shape index (κ2) is 5.32. The van der Waals surface area contributed by atoms with Crippen LogP contribution in [0.4, 0.5) is 20.2 Å². The van der Waals surface area contributed by atoms with E-state index in [1.165, 1.54) is 0 Å². The predicted octanol–water partition coefficient (Wildman–Crippen LogP) is 2.72. The molecule has 4 nitrogen and oxygen atoms in total. The Labute approximate surface area is 112 Å². The second-order valence-corrected chi connectivity index (χ2v) is 7.43. The van der Waals surface area contributed by atoms with Gasteiger partial charge in [0.2, 0.25) is 10.0 Å². The third-order valence-electron chi connectivity index (χ3n) is 2.46. The minimum Gasteiger partial charge on any atom is -0.397 e. The van der Waals surface area contributed by atoms with Crippen LogP contribution in [0.2, 0.25) is 0 Å². The Morgan fingerprint density at radius 3 is 2.32 bits per heavy atom. The van der Waals surface area contributed by atoms with Gasteiger partial charge in [-0.2, -0.15) is 0 Å². The summed E-state index contributed by atoms with van der Waals surface area (Å²) in [5.41, 5.74) is 4.55. The topological polar surface area (TPSA) is 72.2 Å². The smallest absolute Gasteiger partial charge is 0.232 e. The van der Waals surface area contributed by atoms with E-state index in [0.29, 0.717) is 12.5 Å². The first kappa shape index (κ1) is 15.7. The molecule has 0 aliphatic heterocycles.